The average Bonchev–Trinajstić information content (AvgIpc) is 2.86. The molecule has 3 aromatic rings. The monoisotopic (exact) mass is 599 g/mol. The predicted molar refractivity (Wildman–Crippen MR) is 154 cm³/mol. The van der Waals surface area contributed by atoms with E-state index in [1.165, 1.54) is 17.0 Å². The Balaban J connectivity index is 2.03. The predicted octanol–water partition coefficient (Wildman–Crippen LogP) is 5.28. The van der Waals surface area contributed by atoms with Crippen molar-refractivity contribution in [1.82, 2.24) is 10.2 Å². The molecular weight excluding hydrogens is 566 g/mol. The van der Waals surface area contributed by atoms with Crippen molar-refractivity contribution < 1.29 is 18.0 Å². The lowest BCUT2D eigenvalue weighted by molar-refractivity contribution is -0.140. The highest BCUT2D eigenvalue weighted by molar-refractivity contribution is 9.10. The number of anilines is 1. The maximum atomic E-state index is 13.9. The largest absolute Gasteiger partial charge is 0.350 e. The number of hydrogen-bond donors (Lipinski definition) is 1. The van der Waals surface area contributed by atoms with Gasteiger partial charge in [-0.1, -0.05) is 58.4 Å². The van der Waals surface area contributed by atoms with Crippen molar-refractivity contribution in [2.45, 2.75) is 57.6 Å². The lowest BCUT2D eigenvalue weighted by Crippen LogP contribution is -2.54. The summed E-state index contributed by atoms with van der Waals surface area (Å²) in [5.41, 5.74) is 1.68. The Hall–Kier alpha value is -3.17. The standard InChI is InChI=1S/C29H34BrN3O4S/c1-21-11-9-10-12-23(21)19-32(22(2)28(35)31-29(3,4)5)27(34)20-33(25-17-15-24(30)16-18-25)38(36,37)26-13-7-6-8-14-26/h6-18,22H,19-20H2,1-5H3,(H,31,35)/t22-/m0/s1. The molecule has 1 atom stereocenters. The van der Waals surface area contributed by atoms with E-state index in [4.69, 9.17) is 0 Å². The summed E-state index contributed by atoms with van der Waals surface area (Å²) in [4.78, 5) is 28.6. The van der Waals surface area contributed by atoms with Gasteiger partial charge < -0.3 is 10.2 Å². The quantitative estimate of drug-likeness (QED) is 0.362. The zero-order valence-corrected chi connectivity index (χ0v) is 24.7. The normalized spacial score (nSPS) is 12.5. The number of amides is 2. The number of aryl methyl sites for hydroxylation is 1. The highest BCUT2D eigenvalue weighted by Gasteiger charge is 2.33. The minimum atomic E-state index is -4.08. The van der Waals surface area contributed by atoms with Gasteiger partial charge >= 0.3 is 0 Å². The van der Waals surface area contributed by atoms with Gasteiger partial charge in [-0.2, -0.15) is 0 Å². The Kier molecular flexibility index (Phi) is 9.38. The first-order chi connectivity index (χ1) is 17.8. The maximum absolute atomic E-state index is 13.9. The van der Waals surface area contributed by atoms with E-state index in [0.717, 1.165) is 19.9 Å². The third-order valence-electron chi connectivity index (χ3n) is 5.99. The van der Waals surface area contributed by atoms with Crippen LogP contribution in [-0.2, 0) is 26.2 Å². The molecular formula is C29H34BrN3O4S. The van der Waals surface area contributed by atoms with Gasteiger partial charge in [-0.05, 0) is 82.1 Å². The SMILES string of the molecule is Cc1ccccc1CN(C(=O)CN(c1ccc(Br)cc1)S(=O)(=O)c1ccccc1)[C@@H](C)C(=O)NC(C)(C)C. The van der Waals surface area contributed by atoms with Gasteiger partial charge in [0.2, 0.25) is 11.8 Å². The van der Waals surface area contributed by atoms with Crippen molar-refractivity contribution in [3.05, 3.63) is 94.5 Å². The van der Waals surface area contributed by atoms with Gasteiger partial charge in [0.05, 0.1) is 10.6 Å². The molecule has 7 nitrogen and oxygen atoms in total. The number of benzene rings is 3. The maximum Gasteiger partial charge on any atom is 0.264 e. The van der Waals surface area contributed by atoms with E-state index in [-0.39, 0.29) is 17.3 Å². The Labute approximate surface area is 234 Å². The van der Waals surface area contributed by atoms with Crippen molar-refractivity contribution in [2.75, 3.05) is 10.8 Å². The number of nitrogens with one attached hydrogen (secondary N) is 1. The number of rotatable bonds is 9. The minimum absolute atomic E-state index is 0.0692. The van der Waals surface area contributed by atoms with Crippen molar-refractivity contribution in [3.63, 3.8) is 0 Å². The molecule has 0 aromatic heterocycles. The second-order valence-electron chi connectivity index (χ2n) is 10.2. The molecule has 3 aromatic carbocycles. The van der Waals surface area contributed by atoms with Crippen molar-refractivity contribution in [2.24, 2.45) is 0 Å². The van der Waals surface area contributed by atoms with Crippen LogP contribution in [0.1, 0.15) is 38.8 Å². The highest BCUT2D eigenvalue weighted by atomic mass is 79.9. The molecule has 0 fully saturated rings. The van der Waals surface area contributed by atoms with Crippen LogP contribution in [0.3, 0.4) is 0 Å². The van der Waals surface area contributed by atoms with Gasteiger partial charge in [0.25, 0.3) is 10.0 Å². The van der Waals surface area contributed by atoms with Crippen LogP contribution in [0, 0.1) is 6.92 Å². The van der Waals surface area contributed by atoms with Crippen LogP contribution in [0.2, 0.25) is 0 Å². The molecule has 0 spiro atoms. The number of halogens is 1. The molecule has 1 N–H and O–H groups in total. The van der Waals surface area contributed by atoms with Crippen LogP contribution in [-0.4, -0.2) is 43.3 Å². The second kappa shape index (κ2) is 12.1. The van der Waals surface area contributed by atoms with Gasteiger partial charge in [-0.15, -0.1) is 0 Å². The smallest absolute Gasteiger partial charge is 0.264 e. The van der Waals surface area contributed by atoms with E-state index in [1.807, 2.05) is 52.0 Å². The summed E-state index contributed by atoms with van der Waals surface area (Å²) >= 11 is 3.38. The molecule has 0 heterocycles. The molecule has 0 bridgehead atoms. The Morgan fingerprint density at radius 2 is 1.50 bits per heavy atom. The minimum Gasteiger partial charge on any atom is -0.350 e. The zero-order valence-electron chi connectivity index (χ0n) is 22.3. The summed E-state index contributed by atoms with van der Waals surface area (Å²) in [5, 5.41) is 2.93. The van der Waals surface area contributed by atoms with Gasteiger partial charge in [-0.3, -0.25) is 13.9 Å². The molecule has 0 unspecified atom stereocenters. The second-order valence-corrected chi connectivity index (χ2v) is 12.9. The summed E-state index contributed by atoms with van der Waals surface area (Å²) in [6, 6.07) is 21.5. The van der Waals surface area contributed by atoms with Gasteiger partial charge in [-0.25, -0.2) is 8.42 Å². The van der Waals surface area contributed by atoms with Gasteiger partial charge in [0.1, 0.15) is 12.6 Å². The third-order valence-corrected chi connectivity index (χ3v) is 8.31. The fourth-order valence-electron chi connectivity index (χ4n) is 3.88. The lowest BCUT2D eigenvalue weighted by atomic mass is 10.1. The van der Waals surface area contributed by atoms with Crippen molar-refractivity contribution in [1.29, 1.82) is 0 Å². The molecule has 9 heteroatoms. The summed E-state index contributed by atoms with van der Waals surface area (Å²) in [6.07, 6.45) is 0. The van der Waals surface area contributed by atoms with Crippen LogP contribution < -0.4 is 9.62 Å². The summed E-state index contributed by atoms with van der Waals surface area (Å²) in [5.74, 6) is -0.812. The van der Waals surface area contributed by atoms with E-state index in [1.54, 1.807) is 49.4 Å². The molecule has 0 aliphatic rings. The highest BCUT2D eigenvalue weighted by Crippen LogP contribution is 2.26. The Morgan fingerprint density at radius 1 is 0.921 bits per heavy atom. The van der Waals surface area contributed by atoms with E-state index in [9.17, 15) is 18.0 Å². The van der Waals surface area contributed by atoms with E-state index < -0.39 is 34.1 Å². The van der Waals surface area contributed by atoms with Crippen LogP contribution >= 0.6 is 15.9 Å². The molecule has 3 rings (SSSR count). The molecule has 0 radical (unpaired) electrons. The summed E-state index contributed by atoms with van der Waals surface area (Å²) < 4.78 is 29.4. The van der Waals surface area contributed by atoms with Gasteiger partial charge in [0.15, 0.2) is 0 Å². The lowest BCUT2D eigenvalue weighted by Gasteiger charge is -2.33. The molecule has 202 valence electrons. The van der Waals surface area contributed by atoms with Crippen LogP contribution in [0.5, 0.6) is 0 Å². The molecule has 0 aliphatic heterocycles. The summed E-state index contributed by atoms with van der Waals surface area (Å²) in [7, 11) is -4.08. The number of sulfonamides is 1. The molecule has 0 saturated carbocycles. The number of nitrogens with zero attached hydrogens (tertiary/aromatic N) is 2. The van der Waals surface area contributed by atoms with E-state index in [0.29, 0.717) is 5.69 Å². The first kappa shape index (κ1) is 29.4. The third kappa shape index (κ3) is 7.45. The molecule has 0 saturated heterocycles. The first-order valence-electron chi connectivity index (χ1n) is 12.3. The number of carbonyl (C=O) groups excluding carboxylic acids is 2. The van der Waals surface area contributed by atoms with Crippen molar-refractivity contribution >= 4 is 43.5 Å². The Morgan fingerprint density at radius 3 is 2.08 bits per heavy atom. The van der Waals surface area contributed by atoms with Crippen molar-refractivity contribution in [3.8, 4) is 0 Å². The fraction of sp³-hybridized carbons (Fsp3) is 0.310. The van der Waals surface area contributed by atoms with E-state index in [2.05, 4.69) is 21.2 Å². The van der Waals surface area contributed by atoms with Crippen LogP contribution in [0.15, 0.2) is 88.2 Å². The van der Waals surface area contributed by atoms with E-state index >= 15 is 0 Å². The molecule has 38 heavy (non-hydrogen) atoms. The molecule has 2 amide bonds. The average molecular weight is 601 g/mol. The topological polar surface area (TPSA) is 86.8 Å². The van der Waals surface area contributed by atoms with Crippen LogP contribution in [0.25, 0.3) is 0 Å². The molecule has 0 aliphatic carbocycles. The van der Waals surface area contributed by atoms with Gasteiger partial charge in [0, 0.05) is 16.6 Å². The fourth-order valence-corrected chi connectivity index (χ4v) is 5.58. The summed E-state index contributed by atoms with van der Waals surface area (Å²) in [6.45, 7) is 8.88. The Bertz CT molecular complexity index is 1370. The number of hydrogen-bond acceptors (Lipinski definition) is 4. The first-order valence-corrected chi connectivity index (χ1v) is 14.5. The zero-order chi connectivity index (χ0) is 28.1. The van der Waals surface area contributed by atoms with Crippen LogP contribution in [0.4, 0.5) is 5.69 Å². The number of carbonyl (C=O) groups is 2.